The van der Waals surface area contributed by atoms with Crippen LogP contribution in [0.1, 0.15) is 86.4 Å². The number of unbranched alkanes of at least 4 members (excludes halogenated alkanes) is 2. The molecule has 0 spiro atoms. The lowest BCUT2D eigenvalue weighted by Crippen LogP contribution is -2.39. The number of carbonyl (C=O) groups excluding carboxylic acids is 6. The van der Waals surface area contributed by atoms with Gasteiger partial charge in [0.05, 0.1) is 17.6 Å². The normalized spacial score (nSPS) is 20.3. The molecule has 268 valence electrons. The van der Waals surface area contributed by atoms with Crippen LogP contribution in [-0.4, -0.2) is 95.5 Å². The number of amides is 5. The molecule has 14 nitrogen and oxygen atoms in total. The SMILES string of the molecule is CC(C)(C)OC(=O)NCC(CCCCNC(=O)COC1=CC(=O)c2c(O)cccc2C1=O)CNC(=O)CCCCC1SCC2NC(=O)NC21. The zero-order valence-corrected chi connectivity index (χ0v) is 29.0. The van der Waals surface area contributed by atoms with E-state index in [1.807, 2.05) is 11.8 Å². The van der Waals surface area contributed by atoms with E-state index in [1.165, 1.54) is 18.2 Å². The maximum Gasteiger partial charge on any atom is 0.407 e. The largest absolute Gasteiger partial charge is 0.507 e. The number of rotatable bonds is 17. The molecule has 1 aromatic rings. The molecule has 2 heterocycles. The van der Waals surface area contributed by atoms with Crippen LogP contribution in [0, 0.1) is 5.92 Å². The Balaban J connectivity index is 1.14. The number of ether oxygens (including phenoxy) is 2. The van der Waals surface area contributed by atoms with Gasteiger partial charge in [0.15, 0.2) is 18.1 Å². The Labute approximate surface area is 290 Å². The van der Waals surface area contributed by atoms with Gasteiger partial charge in [0.1, 0.15) is 11.4 Å². The molecule has 0 bridgehead atoms. The van der Waals surface area contributed by atoms with Crippen molar-refractivity contribution in [2.24, 2.45) is 5.92 Å². The lowest BCUT2D eigenvalue weighted by molar-refractivity contribution is -0.124. The second-order valence-electron chi connectivity index (χ2n) is 13.5. The van der Waals surface area contributed by atoms with Crippen molar-refractivity contribution in [2.75, 3.05) is 32.0 Å². The summed E-state index contributed by atoms with van der Waals surface area (Å²) in [6, 6.07) is 4.41. The summed E-state index contributed by atoms with van der Waals surface area (Å²) in [5, 5.41) is 24.7. The maximum atomic E-state index is 12.6. The number of ketones is 2. The topological polar surface area (TPSA) is 201 Å². The van der Waals surface area contributed by atoms with Crippen LogP contribution in [0.3, 0.4) is 0 Å². The van der Waals surface area contributed by atoms with Gasteiger partial charge in [-0.15, -0.1) is 0 Å². The maximum absolute atomic E-state index is 12.6. The third kappa shape index (κ3) is 11.4. The van der Waals surface area contributed by atoms with Crippen molar-refractivity contribution < 1.29 is 43.3 Å². The molecule has 1 aromatic carbocycles. The molecule has 0 radical (unpaired) electrons. The van der Waals surface area contributed by atoms with Crippen LogP contribution in [0.4, 0.5) is 9.59 Å². The number of carbonyl (C=O) groups is 6. The molecule has 4 atom stereocenters. The molecule has 49 heavy (non-hydrogen) atoms. The number of alkyl carbamates (subject to hydrolysis) is 1. The van der Waals surface area contributed by atoms with Gasteiger partial charge in [-0.1, -0.05) is 18.9 Å². The first-order chi connectivity index (χ1) is 23.3. The standard InChI is InChI=1S/C34H47N5O9S/c1-34(2,3)48-33(46)37-17-20(16-36-27(42)13-5-4-12-26-30-22(19-49-26)38-32(45)39-30)9-6-7-14-35-28(43)18-47-25-15-24(41)29-21(31(25)44)10-8-11-23(29)40/h8,10-11,15,20,22,26,30,40H,4-7,9,12-14,16-19H2,1-3H3,(H,35,43)(H,36,42)(H,37,46)(H2,38,39,45). The van der Waals surface area contributed by atoms with Gasteiger partial charge in [-0.3, -0.25) is 19.2 Å². The molecule has 4 rings (SSSR count). The van der Waals surface area contributed by atoms with Gasteiger partial charge in [-0.05, 0) is 64.5 Å². The van der Waals surface area contributed by atoms with E-state index < -0.39 is 35.8 Å². The van der Waals surface area contributed by atoms with Crippen LogP contribution < -0.4 is 26.6 Å². The monoisotopic (exact) mass is 701 g/mol. The first-order valence-electron chi connectivity index (χ1n) is 16.7. The Morgan fingerprint density at radius 3 is 2.55 bits per heavy atom. The molecule has 2 fully saturated rings. The number of phenolic OH excluding ortho intramolecular Hbond substituents is 1. The smallest absolute Gasteiger partial charge is 0.407 e. The number of aromatic hydroxyl groups is 1. The van der Waals surface area contributed by atoms with Gasteiger partial charge >= 0.3 is 12.1 Å². The van der Waals surface area contributed by atoms with Crippen molar-refractivity contribution in [3.05, 3.63) is 41.2 Å². The number of phenols is 1. The Bertz CT molecular complexity index is 1440. The van der Waals surface area contributed by atoms with Gasteiger partial charge in [0.2, 0.25) is 11.7 Å². The third-order valence-corrected chi connectivity index (χ3v) is 9.85. The minimum absolute atomic E-state index is 0.0190. The molecule has 5 amide bonds. The van der Waals surface area contributed by atoms with Crippen molar-refractivity contribution in [2.45, 2.75) is 88.7 Å². The summed E-state index contributed by atoms with van der Waals surface area (Å²) in [4.78, 5) is 73.8. The average molecular weight is 702 g/mol. The Morgan fingerprint density at radius 1 is 1.00 bits per heavy atom. The van der Waals surface area contributed by atoms with Crippen molar-refractivity contribution in [1.29, 1.82) is 0 Å². The number of hydrogen-bond acceptors (Lipinski definition) is 10. The average Bonchev–Trinajstić information content (AvgIpc) is 3.59. The van der Waals surface area contributed by atoms with Gasteiger partial charge < -0.3 is 41.2 Å². The van der Waals surface area contributed by atoms with E-state index in [2.05, 4.69) is 26.6 Å². The Morgan fingerprint density at radius 2 is 1.78 bits per heavy atom. The highest BCUT2D eigenvalue weighted by Crippen LogP contribution is 2.33. The quantitative estimate of drug-likeness (QED) is 0.104. The molecule has 6 N–H and O–H groups in total. The van der Waals surface area contributed by atoms with Crippen LogP contribution in [0.5, 0.6) is 5.75 Å². The lowest BCUT2D eigenvalue weighted by Gasteiger charge is -2.22. The lowest BCUT2D eigenvalue weighted by atomic mass is 9.93. The fraction of sp³-hybridized carbons (Fsp3) is 0.588. The van der Waals surface area contributed by atoms with Crippen LogP contribution in [0.25, 0.3) is 0 Å². The number of allylic oxidation sites excluding steroid dienone is 2. The number of benzene rings is 1. The Kier molecular flexibility index (Phi) is 13.3. The van der Waals surface area contributed by atoms with Gasteiger partial charge in [-0.2, -0.15) is 11.8 Å². The molecule has 3 aliphatic rings. The minimum Gasteiger partial charge on any atom is -0.507 e. The summed E-state index contributed by atoms with van der Waals surface area (Å²) < 4.78 is 10.7. The van der Waals surface area contributed by atoms with E-state index in [0.717, 1.165) is 31.1 Å². The summed E-state index contributed by atoms with van der Waals surface area (Å²) in [5.41, 5.74) is -0.710. The van der Waals surface area contributed by atoms with E-state index in [9.17, 15) is 33.9 Å². The third-order valence-electron chi connectivity index (χ3n) is 8.34. The van der Waals surface area contributed by atoms with Crippen LogP contribution in [-0.2, 0) is 19.1 Å². The molecule has 1 aliphatic carbocycles. The summed E-state index contributed by atoms with van der Waals surface area (Å²) in [5.74, 6) is -1.40. The molecule has 2 saturated heterocycles. The number of nitrogens with one attached hydrogen (secondary N) is 5. The number of hydrogen-bond donors (Lipinski definition) is 6. The number of Topliss-reactive ketones (excluding diaryl/α,β-unsaturated/α-hetero) is 1. The van der Waals surface area contributed by atoms with Crippen molar-refractivity contribution in [3.63, 3.8) is 0 Å². The van der Waals surface area contributed by atoms with E-state index in [4.69, 9.17) is 9.47 Å². The zero-order chi connectivity index (χ0) is 35.6. The highest BCUT2D eigenvalue weighted by Gasteiger charge is 2.42. The molecule has 0 saturated carbocycles. The summed E-state index contributed by atoms with van der Waals surface area (Å²) in [7, 11) is 0. The molecule has 15 heteroatoms. The number of thioether (sulfide) groups is 1. The van der Waals surface area contributed by atoms with E-state index >= 15 is 0 Å². The minimum atomic E-state index is -0.642. The summed E-state index contributed by atoms with van der Waals surface area (Å²) in [6.07, 6.45) is 5.37. The highest BCUT2D eigenvalue weighted by atomic mass is 32.2. The summed E-state index contributed by atoms with van der Waals surface area (Å²) >= 11 is 1.86. The molecule has 4 unspecified atom stereocenters. The molecule has 0 aromatic heterocycles. The van der Waals surface area contributed by atoms with Crippen molar-refractivity contribution in [3.8, 4) is 5.75 Å². The fourth-order valence-corrected chi connectivity index (χ4v) is 7.45. The fourth-order valence-electron chi connectivity index (χ4n) is 5.90. The van der Waals surface area contributed by atoms with E-state index in [1.54, 1.807) is 20.8 Å². The van der Waals surface area contributed by atoms with Gasteiger partial charge in [0, 0.05) is 48.7 Å². The predicted octanol–water partition coefficient (Wildman–Crippen LogP) is 2.94. The highest BCUT2D eigenvalue weighted by molar-refractivity contribution is 8.00. The van der Waals surface area contributed by atoms with Gasteiger partial charge in [0.25, 0.3) is 5.91 Å². The first kappa shape index (κ1) is 37.5. The van der Waals surface area contributed by atoms with Crippen LogP contribution in [0.15, 0.2) is 30.0 Å². The van der Waals surface area contributed by atoms with Crippen molar-refractivity contribution >= 4 is 47.3 Å². The first-order valence-corrected chi connectivity index (χ1v) is 17.8. The predicted molar refractivity (Wildman–Crippen MR) is 182 cm³/mol. The van der Waals surface area contributed by atoms with E-state index in [-0.39, 0.29) is 52.6 Å². The van der Waals surface area contributed by atoms with E-state index in [0.29, 0.717) is 50.6 Å². The Hall–Kier alpha value is -4.27. The second-order valence-corrected chi connectivity index (χ2v) is 14.7. The van der Waals surface area contributed by atoms with Gasteiger partial charge in [-0.25, -0.2) is 9.59 Å². The number of fused-ring (bicyclic) bond motifs is 2. The number of urea groups is 1. The molecular formula is C34H47N5O9S. The van der Waals surface area contributed by atoms with Crippen LogP contribution in [0.2, 0.25) is 0 Å². The molecular weight excluding hydrogens is 654 g/mol. The van der Waals surface area contributed by atoms with Crippen molar-refractivity contribution in [1.82, 2.24) is 26.6 Å². The summed E-state index contributed by atoms with van der Waals surface area (Å²) in [6.45, 7) is 5.90. The second kappa shape index (κ2) is 17.4. The van der Waals surface area contributed by atoms with Crippen LogP contribution >= 0.6 is 11.8 Å². The molecule has 2 aliphatic heterocycles. The zero-order valence-electron chi connectivity index (χ0n) is 28.2.